The van der Waals surface area contributed by atoms with E-state index in [1.54, 1.807) is 0 Å². The zero-order valence-corrected chi connectivity index (χ0v) is 5.72. The fourth-order valence-electron chi connectivity index (χ4n) is 0.530. The van der Waals surface area contributed by atoms with E-state index in [0.29, 0.717) is 0 Å². The molecule has 0 aromatic carbocycles. The number of allylic oxidation sites excluding steroid dienone is 1. The van der Waals surface area contributed by atoms with E-state index < -0.39 is 11.3 Å². The van der Waals surface area contributed by atoms with Gasteiger partial charge < -0.3 is 5.84 Å². The van der Waals surface area contributed by atoms with Crippen molar-refractivity contribution < 1.29 is 4.39 Å². The van der Waals surface area contributed by atoms with Gasteiger partial charge in [-0.1, -0.05) is 6.08 Å². The summed E-state index contributed by atoms with van der Waals surface area (Å²) in [5.41, 5.74) is 0. The normalized spacial score (nSPS) is 28.8. The van der Waals surface area contributed by atoms with Gasteiger partial charge in [0.2, 0.25) is 5.97 Å². The second-order valence-electron chi connectivity index (χ2n) is 1.68. The molecule has 0 saturated carbocycles. The number of nitrogens with two attached hydrogens (primary N) is 1. The first-order valence-electron chi connectivity index (χ1n) is 2.58. The molecule has 0 saturated heterocycles. The third kappa shape index (κ3) is 1.33. The molecule has 0 bridgehead atoms. The maximum absolute atomic E-state index is 12.4. The number of hydrazone groups is 1. The lowest BCUT2D eigenvalue weighted by Crippen LogP contribution is -2.14. The number of rotatable bonds is 0. The van der Waals surface area contributed by atoms with Gasteiger partial charge in [-0.2, -0.15) is 9.49 Å². The number of dihydropyridines is 1. The number of amidine groups is 1. The van der Waals surface area contributed by atoms with Crippen LogP contribution >= 0.6 is 11.6 Å². The fourth-order valence-corrected chi connectivity index (χ4v) is 0.652. The molecule has 0 amide bonds. The van der Waals surface area contributed by atoms with Gasteiger partial charge in [0.15, 0.2) is 5.84 Å². The Balaban J connectivity index is 2.84. The molecule has 0 aliphatic carbocycles. The van der Waals surface area contributed by atoms with Crippen LogP contribution in [0.5, 0.6) is 0 Å². The standard InChI is InChI=1S/C5H5ClFN3/c6-3-1-2-4(10-8)9-5(3)7/h1-3H,8H2/b10-4+. The summed E-state index contributed by atoms with van der Waals surface area (Å²) in [5, 5.41) is 2.40. The summed E-state index contributed by atoms with van der Waals surface area (Å²) in [7, 11) is 0. The monoisotopic (exact) mass is 161 g/mol. The topological polar surface area (TPSA) is 50.7 Å². The molecule has 2 N–H and O–H groups in total. The Labute approximate surface area is 62.1 Å². The SMILES string of the molecule is N/N=C1\C=CC(Cl)C(F)=N1. The van der Waals surface area contributed by atoms with E-state index in [1.165, 1.54) is 12.2 Å². The van der Waals surface area contributed by atoms with Crippen molar-refractivity contribution in [3.05, 3.63) is 12.2 Å². The maximum Gasteiger partial charge on any atom is 0.213 e. The summed E-state index contributed by atoms with van der Waals surface area (Å²) < 4.78 is 12.4. The first kappa shape index (κ1) is 7.21. The van der Waals surface area contributed by atoms with E-state index in [-0.39, 0.29) is 5.84 Å². The molecular weight excluding hydrogens is 157 g/mol. The average molecular weight is 162 g/mol. The Kier molecular flexibility index (Phi) is 2.01. The van der Waals surface area contributed by atoms with E-state index >= 15 is 0 Å². The van der Waals surface area contributed by atoms with Crippen molar-refractivity contribution in [3.63, 3.8) is 0 Å². The maximum atomic E-state index is 12.4. The van der Waals surface area contributed by atoms with E-state index in [0.717, 1.165) is 0 Å². The molecule has 1 rings (SSSR count). The van der Waals surface area contributed by atoms with Gasteiger partial charge in [-0.25, -0.2) is 4.99 Å². The Morgan fingerprint density at radius 1 is 1.80 bits per heavy atom. The molecule has 1 heterocycles. The van der Waals surface area contributed by atoms with Gasteiger partial charge in [0.25, 0.3) is 0 Å². The van der Waals surface area contributed by atoms with Crippen LogP contribution in [0.1, 0.15) is 0 Å². The number of nitrogens with zero attached hydrogens (tertiary/aromatic N) is 2. The first-order chi connectivity index (χ1) is 4.74. The van der Waals surface area contributed by atoms with Crippen LogP contribution in [0.2, 0.25) is 0 Å². The van der Waals surface area contributed by atoms with E-state index in [1.807, 2.05) is 0 Å². The summed E-state index contributed by atoms with van der Waals surface area (Å²) in [6.45, 7) is 0. The molecule has 1 unspecified atom stereocenters. The number of halogens is 2. The minimum atomic E-state index is -0.773. The summed E-state index contributed by atoms with van der Waals surface area (Å²) >= 11 is 5.40. The van der Waals surface area contributed by atoms with Gasteiger partial charge in [-0.05, 0) is 6.08 Å². The van der Waals surface area contributed by atoms with Crippen molar-refractivity contribution in [2.75, 3.05) is 0 Å². The molecule has 1 atom stereocenters. The van der Waals surface area contributed by atoms with Crippen LogP contribution in [0.15, 0.2) is 22.2 Å². The third-order valence-corrected chi connectivity index (χ3v) is 1.32. The molecule has 0 radical (unpaired) electrons. The smallest absolute Gasteiger partial charge is 0.213 e. The first-order valence-corrected chi connectivity index (χ1v) is 3.02. The fraction of sp³-hybridized carbons (Fsp3) is 0.200. The summed E-state index contributed by atoms with van der Waals surface area (Å²) in [6, 6.07) is 0. The van der Waals surface area contributed by atoms with Crippen LogP contribution in [0.3, 0.4) is 0 Å². The molecule has 0 spiro atoms. The van der Waals surface area contributed by atoms with Crippen molar-refractivity contribution >= 4 is 23.4 Å². The molecule has 3 nitrogen and oxygen atoms in total. The van der Waals surface area contributed by atoms with Crippen molar-refractivity contribution in [2.45, 2.75) is 5.38 Å². The summed E-state index contributed by atoms with van der Waals surface area (Å²) in [6.07, 6.45) is 2.89. The van der Waals surface area contributed by atoms with Crippen molar-refractivity contribution in [3.8, 4) is 0 Å². The molecule has 1 aliphatic heterocycles. The molecule has 1 aliphatic rings. The van der Waals surface area contributed by atoms with Crippen LogP contribution in [0.25, 0.3) is 0 Å². The van der Waals surface area contributed by atoms with Crippen LogP contribution in [-0.4, -0.2) is 17.2 Å². The van der Waals surface area contributed by atoms with Crippen LogP contribution < -0.4 is 5.84 Å². The number of alkyl halides is 1. The predicted octanol–water partition coefficient (Wildman–Crippen LogP) is 0.804. The highest BCUT2D eigenvalue weighted by Crippen LogP contribution is 2.08. The van der Waals surface area contributed by atoms with Gasteiger partial charge in [-0.15, -0.1) is 11.6 Å². The highest BCUT2D eigenvalue weighted by Gasteiger charge is 2.13. The van der Waals surface area contributed by atoms with E-state index in [2.05, 4.69) is 10.1 Å². The number of aliphatic imine (C=N–C) groups is 1. The van der Waals surface area contributed by atoms with Gasteiger partial charge in [0, 0.05) is 0 Å². The van der Waals surface area contributed by atoms with Crippen LogP contribution in [0.4, 0.5) is 4.39 Å². The lowest BCUT2D eigenvalue weighted by molar-refractivity contribution is 0.785. The summed E-state index contributed by atoms with van der Waals surface area (Å²) in [4.78, 5) is 3.34. The Morgan fingerprint density at radius 2 is 2.50 bits per heavy atom. The van der Waals surface area contributed by atoms with Crippen LogP contribution in [0, 0.1) is 0 Å². The Morgan fingerprint density at radius 3 is 3.00 bits per heavy atom. The van der Waals surface area contributed by atoms with Crippen molar-refractivity contribution in [1.29, 1.82) is 0 Å². The number of hydrogen-bond acceptors (Lipinski definition) is 2. The molecule has 0 aromatic heterocycles. The number of hydrogen-bond donors (Lipinski definition) is 1. The lowest BCUT2D eigenvalue weighted by Gasteiger charge is -2.03. The van der Waals surface area contributed by atoms with E-state index in [9.17, 15) is 4.39 Å². The van der Waals surface area contributed by atoms with Gasteiger partial charge in [-0.3, -0.25) is 0 Å². The highest BCUT2D eigenvalue weighted by molar-refractivity contribution is 6.34. The predicted molar refractivity (Wildman–Crippen MR) is 38.9 cm³/mol. The zero-order valence-electron chi connectivity index (χ0n) is 4.96. The molecule has 0 aromatic rings. The Bertz CT molecular complexity index is 221. The minimum Gasteiger partial charge on any atom is -0.321 e. The van der Waals surface area contributed by atoms with Gasteiger partial charge in [0.1, 0.15) is 5.38 Å². The van der Waals surface area contributed by atoms with Gasteiger partial charge in [0.05, 0.1) is 0 Å². The van der Waals surface area contributed by atoms with Crippen LogP contribution in [-0.2, 0) is 0 Å². The van der Waals surface area contributed by atoms with Crippen molar-refractivity contribution in [2.24, 2.45) is 15.9 Å². The highest BCUT2D eigenvalue weighted by atomic mass is 35.5. The third-order valence-electron chi connectivity index (χ3n) is 0.995. The molecular formula is C5H5ClFN3. The molecule has 5 heteroatoms. The summed E-state index contributed by atoms with van der Waals surface area (Å²) in [5.74, 6) is 4.31. The second-order valence-corrected chi connectivity index (χ2v) is 2.15. The van der Waals surface area contributed by atoms with Crippen molar-refractivity contribution in [1.82, 2.24) is 0 Å². The quantitative estimate of drug-likeness (QED) is 0.319. The lowest BCUT2D eigenvalue weighted by atomic mass is 10.3. The largest absolute Gasteiger partial charge is 0.321 e. The zero-order chi connectivity index (χ0) is 7.56. The molecule has 0 fully saturated rings. The second kappa shape index (κ2) is 2.79. The molecule has 10 heavy (non-hydrogen) atoms. The Hall–Kier alpha value is -0.900. The molecule has 54 valence electrons. The average Bonchev–Trinajstić information content (AvgIpc) is 1.95. The van der Waals surface area contributed by atoms with Gasteiger partial charge >= 0.3 is 0 Å². The minimum absolute atomic E-state index is 0.148. The van der Waals surface area contributed by atoms with E-state index in [4.69, 9.17) is 17.4 Å².